The van der Waals surface area contributed by atoms with E-state index in [9.17, 15) is 23.2 Å². The van der Waals surface area contributed by atoms with Gasteiger partial charge in [-0.15, -0.1) is 0 Å². The number of piperazine rings is 1. The number of carbonyl (C=O) groups excluding carboxylic acids is 3. The van der Waals surface area contributed by atoms with E-state index in [-0.39, 0.29) is 29.8 Å². The highest BCUT2D eigenvalue weighted by Gasteiger charge is 2.30. The predicted molar refractivity (Wildman–Crippen MR) is 204 cm³/mol. The summed E-state index contributed by atoms with van der Waals surface area (Å²) in [4.78, 5) is 48.2. The Morgan fingerprint density at radius 2 is 1.67 bits per heavy atom. The second kappa shape index (κ2) is 17.4. The summed E-state index contributed by atoms with van der Waals surface area (Å²) in [7, 11) is 0. The Labute approximate surface area is 314 Å². The Hall–Kier alpha value is -5.11. The molecule has 2 aromatic carbocycles. The molecule has 3 saturated heterocycles. The molecule has 0 spiro atoms. The van der Waals surface area contributed by atoms with Crippen LogP contribution in [0.4, 0.5) is 26.0 Å². The van der Waals surface area contributed by atoms with Gasteiger partial charge in [0.1, 0.15) is 29.1 Å². The SMILES string of the molecule is O=C1CCC(Nc2ccc(N3CCN(CCCCCCCCNC(=O)c4cnn5ccc(N6CCCC6c6cc(F)ccc6F)nc45)CC3)cc2)C(=O)N1. The number of imide groups is 1. The number of benzene rings is 2. The highest BCUT2D eigenvalue weighted by Crippen LogP contribution is 2.37. The van der Waals surface area contributed by atoms with Crippen molar-refractivity contribution in [2.24, 2.45) is 0 Å². The first kappa shape index (κ1) is 37.2. The molecule has 3 N–H and O–H groups in total. The van der Waals surface area contributed by atoms with Gasteiger partial charge in [-0.3, -0.25) is 24.6 Å². The lowest BCUT2D eigenvalue weighted by Crippen LogP contribution is -2.47. The highest BCUT2D eigenvalue weighted by molar-refractivity contribution is 6.01. The van der Waals surface area contributed by atoms with Crippen molar-refractivity contribution in [1.82, 2.24) is 30.1 Å². The molecule has 3 aliphatic heterocycles. The van der Waals surface area contributed by atoms with Crippen LogP contribution in [0.3, 0.4) is 0 Å². The molecular formula is C40H49F2N9O3. The lowest BCUT2D eigenvalue weighted by molar-refractivity contribution is -0.133. The molecule has 3 fully saturated rings. The summed E-state index contributed by atoms with van der Waals surface area (Å²) in [6, 6.07) is 12.8. The maximum absolute atomic E-state index is 14.6. The fourth-order valence-corrected chi connectivity index (χ4v) is 7.81. The van der Waals surface area contributed by atoms with Gasteiger partial charge >= 0.3 is 0 Å². The molecule has 2 unspecified atom stereocenters. The molecule has 14 heteroatoms. The van der Waals surface area contributed by atoms with Gasteiger partial charge in [0.15, 0.2) is 5.65 Å². The minimum Gasteiger partial charge on any atom is -0.374 e. The van der Waals surface area contributed by atoms with Gasteiger partial charge in [0.25, 0.3) is 5.91 Å². The Morgan fingerprint density at radius 1 is 0.889 bits per heavy atom. The first-order valence-electron chi connectivity index (χ1n) is 19.3. The molecule has 3 aliphatic rings. The van der Waals surface area contributed by atoms with E-state index in [0.717, 1.165) is 70.2 Å². The standard InChI is InChI=1S/C40H49F2N9O3/c41-28-9-14-33(42)31(26-28)35-8-7-20-50(35)36-17-21-51-38(46-36)32(27-44-51)39(53)43-18-5-3-1-2-4-6-19-48-22-24-49(25-23-48)30-12-10-29(11-13-30)45-34-15-16-37(52)47-40(34)54/h9-14,17,21,26-27,34-35,45H,1-8,15-16,18-20,22-25H2,(H,43,53)(H,47,52,54). The van der Waals surface area contributed by atoms with Crippen molar-refractivity contribution in [3.05, 3.63) is 83.7 Å². The molecule has 2 atom stereocenters. The van der Waals surface area contributed by atoms with Crippen LogP contribution in [0, 0.1) is 11.6 Å². The van der Waals surface area contributed by atoms with Gasteiger partial charge in [0.05, 0.1) is 12.2 Å². The predicted octanol–water partition coefficient (Wildman–Crippen LogP) is 5.46. The van der Waals surface area contributed by atoms with Crippen molar-refractivity contribution >= 4 is 40.6 Å². The van der Waals surface area contributed by atoms with Gasteiger partial charge in [0, 0.05) is 68.8 Å². The van der Waals surface area contributed by atoms with Crippen molar-refractivity contribution < 1.29 is 23.2 Å². The number of amides is 3. The summed E-state index contributed by atoms with van der Waals surface area (Å²) in [5, 5.41) is 13.0. The third kappa shape index (κ3) is 8.98. The molecular weight excluding hydrogens is 692 g/mol. The topological polar surface area (TPSA) is 127 Å². The maximum Gasteiger partial charge on any atom is 0.256 e. The average Bonchev–Trinajstić information content (AvgIpc) is 3.84. The minimum atomic E-state index is -0.469. The molecule has 0 bridgehead atoms. The van der Waals surface area contributed by atoms with E-state index in [0.29, 0.717) is 54.9 Å². The number of halogens is 2. The van der Waals surface area contributed by atoms with Gasteiger partial charge in [-0.1, -0.05) is 25.7 Å². The van der Waals surface area contributed by atoms with Crippen LogP contribution in [-0.4, -0.2) is 89.1 Å². The zero-order valence-electron chi connectivity index (χ0n) is 30.6. The van der Waals surface area contributed by atoms with Crippen molar-refractivity contribution in [2.75, 3.05) is 60.9 Å². The number of nitrogens with zero attached hydrogens (tertiary/aromatic N) is 6. The molecule has 4 aromatic rings. The van der Waals surface area contributed by atoms with E-state index < -0.39 is 11.6 Å². The van der Waals surface area contributed by atoms with E-state index in [1.807, 2.05) is 17.0 Å². The summed E-state index contributed by atoms with van der Waals surface area (Å²) in [6.07, 6.45) is 12.3. The van der Waals surface area contributed by atoms with Gasteiger partial charge in [-0.05, 0) is 87.2 Å². The van der Waals surface area contributed by atoms with Crippen molar-refractivity contribution in [1.29, 1.82) is 0 Å². The van der Waals surface area contributed by atoms with Gasteiger partial charge in [-0.25, -0.2) is 18.3 Å². The largest absolute Gasteiger partial charge is 0.374 e. The van der Waals surface area contributed by atoms with Crippen LogP contribution in [0.15, 0.2) is 60.9 Å². The monoisotopic (exact) mass is 741 g/mol. The Bertz CT molecular complexity index is 1930. The van der Waals surface area contributed by atoms with Crippen LogP contribution in [0.5, 0.6) is 0 Å². The molecule has 5 heterocycles. The normalized spacial score (nSPS) is 19.4. The zero-order valence-corrected chi connectivity index (χ0v) is 30.6. The van der Waals surface area contributed by atoms with Crippen LogP contribution >= 0.6 is 0 Å². The number of piperidine rings is 1. The van der Waals surface area contributed by atoms with Crippen LogP contribution in [0.2, 0.25) is 0 Å². The number of nitrogens with one attached hydrogen (secondary N) is 3. The Balaban J connectivity index is 0.768. The van der Waals surface area contributed by atoms with Crippen LogP contribution in [-0.2, 0) is 9.59 Å². The molecule has 3 amide bonds. The fourth-order valence-electron chi connectivity index (χ4n) is 7.81. The number of unbranched alkanes of at least 4 members (excludes halogenated alkanes) is 5. The summed E-state index contributed by atoms with van der Waals surface area (Å²) < 4.78 is 30.2. The average molecular weight is 742 g/mol. The Morgan fingerprint density at radius 3 is 2.46 bits per heavy atom. The molecule has 2 aromatic heterocycles. The van der Waals surface area contributed by atoms with Crippen LogP contribution in [0.25, 0.3) is 5.65 Å². The summed E-state index contributed by atoms with van der Waals surface area (Å²) in [5.74, 6) is -0.990. The highest BCUT2D eigenvalue weighted by atomic mass is 19.1. The third-order valence-electron chi connectivity index (χ3n) is 10.8. The van der Waals surface area contributed by atoms with E-state index in [1.165, 1.54) is 43.3 Å². The zero-order chi connectivity index (χ0) is 37.4. The molecule has 0 aliphatic carbocycles. The molecule has 286 valence electrons. The third-order valence-corrected chi connectivity index (χ3v) is 10.8. The summed E-state index contributed by atoms with van der Waals surface area (Å²) in [6.45, 7) is 6.37. The van der Waals surface area contributed by atoms with Gasteiger partial charge < -0.3 is 20.4 Å². The first-order valence-corrected chi connectivity index (χ1v) is 19.3. The lowest BCUT2D eigenvalue weighted by Gasteiger charge is -2.36. The summed E-state index contributed by atoms with van der Waals surface area (Å²) >= 11 is 0. The minimum absolute atomic E-state index is 0.210. The first-order chi connectivity index (χ1) is 26.3. The Kier molecular flexibility index (Phi) is 12.0. The molecule has 0 saturated carbocycles. The molecule has 0 radical (unpaired) electrons. The maximum atomic E-state index is 14.6. The smallest absolute Gasteiger partial charge is 0.256 e. The molecule has 12 nitrogen and oxygen atoms in total. The quantitative estimate of drug-likeness (QED) is 0.108. The number of rotatable bonds is 15. The second-order valence-electron chi connectivity index (χ2n) is 14.5. The number of anilines is 3. The van der Waals surface area contributed by atoms with Crippen LogP contribution in [0.1, 0.15) is 86.2 Å². The number of carbonyl (C=O) groups is 3. The van der Waals surface area contributed by atoms with Crippen LogP contribution < -0.4 is 25.8 Å². The van der Waals surface area contributed by atoms with E-state index in [1.54, 1.807) is 16.8 Å². The number of aromatic nitrogens is 3. The molecule has 7 rings (SSSR count). The van der Waals surface area contributed by atoms with Gasteiger partial charge in [0.2, 0.25) is 11.8 Å². The lowest BCUT2D eigenvalue weighted by atomic mass is 10.0. The number of fused-ring (bicyclic) bond motifs is 1. The fraction of sp³-hybridized carbons (Fsp3) is 0.475. The molecule has 54 heavy (non-hydrogen) atoms. The van der Waals surface area contributed by atoms with E-state index in [4.69, 9.17) is 4.98 Å². The van der Waals surface area contributed by atoms with Crippen molar-refractivity contribution in [3.63, 3.8) is 0 Å². The second-order valence-corrected chi connectivity index (χ2v) is 14.5. The van der Waals surface area contributed by atoms with E-state index in [2.05, 4.69) is 43.0 Å². The van der Waals surface area contributed by atoms with Crippen molar-refractivity contribution in [2.45, 2.75) is 76.3 Å². The number of hydrogen-bond acceptors (Lipinski definition) is 9. The van der Waals surface area contributed by atoms with Gasteiger partial charge in [-0.2, -0.15) is 5.10 Å². The van der Waals surface area contributed by atoms with E-state index >= 15 is 0 Å². The summed E-state index contributed by atoms with van der Waals surface area (Å²) in [5.41, 5.74) is 3.20. The van der Waals surface area contributed by atoms with Crippen molar-refractivity contribution in [3.8, 4) is 0 Å². The number of hydrogen-bond donors (Lipinski definition) is 3.